The molecule has 4 rings (SSSR count). The standard InChI is InChI=1S/C23H20O2/c1-3-17-12-14-18(15-13-17)24-16(2)25-23-21-10-6-4-8-19(21)20-9-5-7-11-22(20)23/h3-16,23H,1H2,2H3. The van der Waals surface area contributed by atoms with Crippen LogP contribution >= 0.6 is 0 Å². The molecule has 0 radical (unpaired) electrons. The zero-order chi connectivity index (χ0) is 17.2. The van der Waals surface area contributed by atoms with Gasteiger partial charge in [-0.25, -0.2) is 0 Å². The molecule has 0 heterocycles. The highest BCUT2D eigenvalue weighted by atomic mass is 16.7. The van der Waals surface area contributed by atoms with Crippen molar-refractivity contribution in [3.63, 3.8) is 0 Å². The summed E-state index contributed by atoms with van der Waals surface area (Å²) in [7, 11) is 0. The van der Waals surface area contributed by atoms with Crippen LogP contribution in [0.1, 0.15) is 29.7 Å². The summed E-state index contributed by atoms with van der Waals surface area (Å²) in [5.41, 5.74) is 5.94. The molecule has 1 aliphatic rings. The molecule has 0 N–H and O–H groups in total. The van der Waals surface area contributed by atoms with Gasteiger partial charge in [-0.05, 0) is 46.9 Å². The van der Waals surface area contributed by atoms with E-state index in [9.17, 15) is 0 Å². The molecule has 0 saturated heterocycles. The van der Waals surface area contributed by atoms with E-state index in [0.717, 1.165) is 11.3 Å². The van der Waals surface area contributed by atoms with Crippen molar-refractivity contribution in [2.45, 2.75) is 19.3 Å². The first-order chi connectivity index (χ1) is 12.3. The van der Waals surface area contributed by atoms with Crippen molar-refractivity contribution in [2.75, 3.05) is 0 Å². The lowest BCUT2D eigenvalue weighted by Gasteiger charge is -2.21. The largest absolute Gasteiger partial charge is 0.465 e. The van der Waals surface area contributed by atoms with Gasteiger partial charge in [0, 0.05) is 0 Å². The molecular formula is C23H20O2. The molecule has 3 aromatic rings. The molecular weight excluding hydrogens is 308 g/mol. The van der Waals surface area contributed by atoms with Crippen molar-refractivity contribution in [2.24, 2.45) is 0 Å². The van der Waals surface area contributed by atoms with Crippen LogP contribution in [0.4, 0.5) is 0 Å². The Bertz CT molecular complexity index is 850. The molecule has 2 nitrogen and oxygen atoms in total. The summed E-state index contributed by atoms with van der Waals surface area (Å²) in [6.45, 7) is 5.70. The number of ether oxygens (including phenoxy) is 2. The predicted octanol–water partition coefficient (Wildman–Crippen LogP) is 5.84. The molecule has 25 heavy (non-hydrogen) atoms. The highest BCUT2D eigenvalue weighted by Gasteiger charge is 2.30. The third-order valence-corrected chi connectivity index (χ3v) is 4.52. The monoisotopic (exact) mass is 328 g/mol. The fourth-order valence-corrected chi connectivity index (χ4v) is 3.35. The van der Waals surface area contributed by atoms with Crippen molar-refractivity contribution in [1.82, 2.24) is 0 Å². The summed E-state index contributed by atoms with van der Waals surface area (Å²) in [6, 6.07) is 24.6. The van der Waals surface area contributed by atoms with Gasteiger partial charge in [0.2, 0.25) is 0 Å². The Kier molecular flexibility index (Phi) is 4.12. The van der Waals surface area contributed by atoms with Gasteiger partial charge in [0.1, 0.15) is 11.9 Å². The van der Waals surface area contributed by atoms with Gasteiger partial charge in [0.15, 0.2) is 6.29 Å². The molecule has 1 unspecified atom stereocenters. The smallest absolute Gasteiger partial charge is 0.198 e. The van der Waals surface area contributed by atoms with E-state index in [1.54, 1.807) is 0 Å². The van der Waals surface area contributed by atoms with Gasteiger partial charge >= 0.3 is 0 Å². The Morgan fingerprint density at radius 1 is 0.840 bits per heavy atom. The number of hydrogen-bond donors (Lipinski definition) is 0. The van der Waals surface area contributed by atoms with Crippen LogP contribution < -0.4 is 4.74 Å². The van der Waals surface area contributed by atoms with Gasteiger partial charge < -0.3 is 9.47 Å². The fourth-order valence-electron chi connectivity index (χ4n) is 3.35. The highest BCUT2D eigenvalue weighted by Crippen LogP contribution is 2.45. The lowest BCUT2D eigenvalue weighted by molar-refractivity contribution is -0.0945. The van der Waals surface area contributed by atoms with Gasteiger partial charge in [-0.2, -0.15) is 0 Å². The van der Waals surface area contributed by atoms with Crippen molar-refractivity contribution in [3.8, 4) is 16.9 Å². The van der Waals surface area contributed by atoms with Crippen LogP contribution in [0, 0.1) is 0 Å². The Morgan fingerprint density at radius 2 is 1.40 bits per heavy atom. The van der Waals surface area contributed by atoms with Crippen molar-refractivity contribution in [1.29, 1.82) is 0 Å². The number of fused-ring (bicyclic) bond motifs is 3. The van der Waals surface area contributed by atoms with Crippen LogP contribution in [0.15, 0.2) is 79.4 Å². The summed E-state index contributed by atoms with van der Waals surface area (Å²) in [6.07, 6.45) is 1.35. The minimum Gasteiger partial charge on any atom is -0.465 e. The molecule has 0 amide bonds. The topological polar surface area (TPSA) is 18.5 Å². The Labute approximate surface area is 148 Å². The minimum atomic E-state index is -0.362. The molecule has 2 heteroatoms. The maximum Gasteiger partial charge on any atom is 0.198 e. The summed E-state index contributed by atoms with van der Waals surface area (Å²) >= 11 is 0. The Morgan fingerprint density at radius 3 is 1.96 bits per heavy atom. The van der Waals surface area contributed by atoms with E-state index in [1.807, 2.05) is 37.3 Å². The van der Waals surface area contributed by atoms with Crippen LogP contribution in [0.25, 0.3) is 17.2 Å². The first-order valence-electron chi connectivity index (χ1n) is 8.49. The normalized spacial score (nSPS) is 13.8. The van der Waals surface area contributed by atoms with Crippen molar-refractivity contribution >= 4 is 6.08 Å². The molecule has 0 spiro atoms. The zero-order valence-electron chi connectivity index (χ0n) is 14.2. The average molecular weight is 328 g/mol. The van der Waals surface area contributed by atoms with Crippen molar-refractivity contribution < 1.29 is 9.47 Å². The summed E-state index contributed by atoms with van der Waals surface area (Å²) in [4.78, 5) is 0. The average Bonchev–Trinajstić information content (AvgIpc) is 2.97. The molecule has 1 aliphatic carbocycles. The van der Waals surface area contributed by atoms with Crippen LogP contribution in [0.3, 0.4) is 0 Å². The van der Waals surface area contributed by atoms with E-state index < -0.39 is 0 Å². The molecule has 0 aliphatic heterocycles. The maximum atomic E-state index is 6.28. The third-order valence-electron chi connectivity index (χ3n) is 4.52. The van der Waals surface area contributed by atoms with Gasteiger partial charge in [0.25, 0.3) is 0 Å². The quantitative estimate of drug-likeness (QED) is 0.548. The second kappa shape index (κ2) is 6.58. The first-order valence-corrected chi connectivity index (χ1v) is 8.49. The Balaban J connectivity index is 1.56. The number of hydrogen-bond acceptors (Lipinski definition) is 2. The van der Waals surface area contributed by atoms with E-state index in [2.05, 4.69) is 55.1 Å². The van der Waals surface area contributed by atoms with Crippen LogP contribution in [-0.2, 0) is 4.74 Å². The van der Waals surface area contributed by atoms with Gasteiger partial charge in [0.05, 0.1) is 0 Å². The zero-order valence-corrected chi connectivity index (χ0v) is 14.2. The predicted molar refractivity (Wildman–Crippen MR) is 101 cm³/mol. The molecule has 0 aromatic heterocycles. The van der Waals surface area contributed by atoms with Gasteiger partial charge in [-0.1, -0.05) is 73.3 Å². The molecule has 0 bridgehead atoms. The van der Waals surface area contributed by atoms with E-state index in [4.69, 9.17) is 9.47 Å². The second-order valence-electron chi connectivity index (χ2n) is 6.15. The first kappa shape index (κ1) is 15.7. The molecule has 3 aromatic carbocycles. The fraction of sp³-hybridized carbons (Fsp3) is 0.130. The lowest BCUT2D eigenvalue weighted by Crippen LogP contribution is -2.19. The molecule has 1 atom stereocenters. The molecule has 0 fully saturated rings. The summed E-state index contributed by atoms with van der Waals surface area (Å²) in [5, 5.41) is 0. The number of benzene rings is 3. The van der Waals surface area contributed by atoms with Crippen LogP contribution in [0.5, 0.6) is 5.75 Å². The van der Waals surface area contributed by atoms with E-state index in [0.29, 0.717) is 0 Å². The third kappa shape index (κ3) is 2.97. The van der Waals surface area contributed by atoms with Crippen LogP contribution in [0.2, 0.25) is 0 Å². The summed E-state index contributed by atoms with van der Waals surface area (Å²) in [5.74, 6) is 0.790. The molecule has 0 saturated carbocycles. The highest BCUT2D eigenvalue weighted by molar-refractivity contribution is 5.78. The summed E-state index contributed by atoms with van der Waals surface area (Å²) < 4.78 is 12.2. The van der Waals surface area contributed by atoms with Crippen molar-refractivity contribution in [3.05, 3.63) is 96.1 Å². The number of rotatable bonds is 5. The maximum absolute atomic E-state index is 6.28. The minimum absolute atomic E-state index is 0.102. The lowest BCUT2D eigenvalue weighted by atomic mass is 10.1. The van der Waals surface area contributed by atoms with Gasteiger partial charge in [-0.15, -0.1) is 0 Å². The van der Waals surface area contributed by atoms with Crippen LogP contribution in [-0.4, -0.2) is 6.29 Å². The SMILES string of the molecule is C=Cc1ccc(OC(C)OC2c3ccccc3-c3ccccc32)cc1. The Hall–Kier alpha value is -2.84. The van der Waals surface area contributed by atoms with E-state index in [-0.39, 0.29) is 12.4 Å². The molecule has 124 valence electrons. The second-order valence-corrected chi connectivity index (χ2v) is 6.15. The van der Waals surface area contributed by atoms with E-state index in [1.165, 1.54) is 22.3 Å². The van der Waals surface area contributed by atoms with E-state index >= 15 is 0 Å². The van der Waals surface area contributed by atoms with Gasteiger partial charge in [-0.3, -0.25) is 0 Å².